The van der Waals surface area contributed by atoms with E-state index in [0.717, 1.165) is 23.6 Å². The van der Waals surface area contributed by atoms with Crippen LogP contribution in [0.4, 0.5) is 0 Å². The lowest BCUT2D eigenvalue weighted by atomic mass is 10.1. The Hall–Kier alpha value is -2.62. The number of benzene rings is 1. The molecule has 2 aromatic rings. The van der Waals surface area contributed by atoms with E-state index in [-0.39, 0.29) is 6.61 Å². The first-order valence-electron chi connectivity index (χ1n) is 7.53. The molecule has 0 N–H and O–H groups in total. The minimum Gasteiger partial charge on any atom is -0.456 e. The summed E-state index contributed by atoms with van der Waals surface area (Å²) >= 11 is 0. The van der Waals surface area contributed by atoms with Crippen LogP contribution in [0.3, 0.4) is 0 Å². The summed E-state index contributed by atoms with van der Waals surface area (Å²) in [6.07, 6.45) is 3.23. The number of nitrogens with zero attached hydrogens (tertiary/aromatic N) is 2. The van der Waals surface area contributed by atoms with Crippen LogP contribution in [0.15, 0.2) is 55.1 Å². The highest BCUT2D eigenvalue weighted by Crippen LogP contribution is 2.17. The average molecular weight is 310 g/mol. The van der Waals surface area contributed by atoms with Crippen molar-refractivity contribution in [1.82, 2.24) is 9.55 Å². The van der Waals surface area contributed by atoms with Crippen molar-refractivity contribution in [1.29, 1.82) is 0 Å². The highest BCUT2D eigenvalue weighted by molar-refractivity contribution is 5.86. The molecule has 0 atom stereocenters. The van der Waals surface area contributed by atoms with Gasteiger partial charge in [-0.1, -0.05) is 43.0 Å². The van der Waals surface area contributed by atoms with Crippen LogP contribution in [-0.4, -0.2) is 15.5 Å². The Bertz CT molecular complexity index is 714. The molecule has 4 nitrogen and oxygen atoms in total. The molecule has 0 aliphatic heterocycles. The predicted octanol–water partition coefficient (Wildman–Crippen LogP) is 3.36. The van der Waals surface area contributed by atoms with Crippen LogP contribution in [0.1, 0.15) is 29.7 Å². The van der Waals surface area contributed by atoms with Crippen LogP contribution < -0.4 is 0 Å². The van der Waals surface area contributed by atoms with Gasteiger partial charge in [-0.2, -0.15) is 0 Å². The van der Waals surface area contributed by atoms with Crippen molar-refractivity contribution in [2.45, 2.75) is 26.4 Å². The molecule has 0 amide bonds. The number of rotatable bonds is 7. The Morgan fingerprint density at radius 1 is 1.35 bits per heavy atom. The molecule has 0 saturated carbocycles. The molecule has 2 rings (SSSR count). The van der Waals surface area contributed by atoms with Crippen molar-refractivity contribution in [2.24, 2.45) is 7.05 Å². The summed E-state index contributed by atoms with van der Waals surface area (Å²) < 4.78 is 7.33. The maximum Gasteiger partial charge on any atom is 0.333 e. The van der Waals surface area contributed by atoms with Gasteiger partial charge in [0.2, 0.25) is 0 Å². The van der Waals surface area contributed by atoms with Crippen molar-refractivity contribution in [3.8, 4) is 0 Å². The Balaban J connectivity index is 2.28. The number of ether oxygens (including phenoxy) is 1. The summed E-state index contributed by atoms with van der Waals surface area (Å²) in [4.78, 5) is 16.2. The smallest absolute Gasteiger partial charge is 0.333 e. The summed E-state index contributed by atoms with van der Waals surface area (Å²) in [5.41, 5.74) is 3.40. The highest BCUT2D eigenvalue weighted by atomic mass is 16.5. The number of aromatic nitrogens is 2. The fraction of sp³-hybridized carbons (Fsp3) is 0.263. The maximum atomic E-state index is 11.6. The van der Waals surface area contributed by atoms with E-state index in [1.54, 1.807) is 6.92 Å². The van der Waals surface area contributed by atoms with Gasteiger partial charge in [0.25, 0.3) is 0 Å². The molecule has 1 aromatic heterocycles. The Morgan fingerprint density at radius 2 is 2.04 bits per heavy atom. The average Bonchev–Trinajstić information content (AvgIpc) is 2.83. The third-order valence-corrected chi connectivity index (χ3v) is 3.62. The lowest BCUT2D eigenvalue weighted by Gasteiger charge is -2.08. The second kappa shape index (κ2) is 7.58. The fourth-order valence-corrected chi connectivity index (χ4v) is 2.34. The van der Waals surface area contributed by atoms with E-state index in [4.69, 9.17) is 4.74 Å². The van der Waals surface area contributed by atoms with Gasteiger partial charge >= 0.3 is 5.97 Å². The number of hydrogen-bond donors (Lipinski definition) is 0. The SMILES string of the molecule is C=CCc1nc(COC(=O)C(=C)C)c(Cc2ccccc2)n1C. The van der Waals surface area contributed by atoms with Gasteiger partial charge in [-0.3, -0.25) is 0 Å². The van der Waals surface area contributed by atoms with Crippen LogP contribution in [0.5, 0.6) is 0 Å². The second-order valence-corrected chi connectivity index (χ2v) is 5.49. The molecule has 0 radical (unpaired) electrons. The predicted molar refractivity (Wildman–Crippen MR) is 91.0 cm³/mol. The van der Waals surface area contributed by atoms with E-state index in [9.17, 15) is 4.79 Å². The van der Waals surface area contributed by atoms with Gasteiger partial charge in [-0.25, -0.2) is 9.78 Å². The summed E-state index contributed by atoms with van der Waals surface area (Å²) in [6, 6.07) is 10.2. The van der Waals surface area contributed by atoms with Gasteiger partial charge in [-0.05, 0) is 12.5 Å². The quantitative estimate of drug-likeness (QED) is 0.447. The van der Waals surface area contributed by atoms with E-state index >= 15 is 0 Å². The summed E-state index contributed by atoms with van der Waals surface area (Å²) in [7, 11) is 1.98. The molecule has 0 aliphatic rings. The van der Waals surface area contributed by atoms with Crippen molar-refractivity contribution in [3.05, 3.63) is 77.9 Å². The third kappa shape index (κ3) is 4.19. The van der Waals surface area contributed by atoms with E-state index in [1.807, 2.05) is 31.3 Å². The topological polar surface area (TPSA) is 44.1 Å². The summed E-state index contributed by atoms with van der Waals surface area (Å²) in [6.45, 7) is 9.15. The second-order valence-electron chi connectivity index (χ2n) is 5.49. The van der Waals surface area contributed by atoms with Crippen LogP contribution in [0, 0.1) is 0 Å². The van der Waals surface area contributed by atoms with Gasteiger partial charge < -0.3 is 9.30 Å². The van der Waals surface area contributed by atoms with Crippen molar-refractivity contribution >= 4 is 5.97 Å². The van der Waals surface area contributed by atoms with E-state index in [1.165, 1.54) is 5.56 Å². The molecule has 4 heteroatoms. The van der Waals surface area contributed by atoms with E-state index in [2.05, 4.69) is 34.8 Å². The van der Waals surface area contributed by atoms with Gasteiger partial charge in [0, 0.05) is 31.2 Å². The number of esters is 1. The lowest BCUT2D eigenvalue weighted by Crippen LogP contribution is -2.08. The number of allylic oxidation sites excluding steroid dienone is 1. The largest absolute Gasteiger partial charge is 0.456 e. The van der Waals surface area contributed by atoms with E-state index in [0.29, 0.717) is 12.0 Å². The van der Waals surface area contributed by atoms with Gasteiger partial charge in [-0.15, -0.1) is 6.58 Å². The van der Waals surface area contributed by atoms with Crippen LogP contribution in [0.2, 0.25) is 0 Å². The van der Waals surface area contributed by atoms with Gasteiger partial charge in [0.05, 0.1) is 5.69 Å². The molecule has 120 valence electrons. The first-order valence-corrected chi connectivity index (χ1v) is 7.53. The highest BCUT2D eigenvalue weighted by Gasteiger charge is 2.16. The molecule has 0 spiro atoms. The molecule has 0 fully saturated rings. The zero-order valence-electron chi connectivity index (χ0n) is 13.7. The zero-order chi connectivity index (χ0) is 16.8. The van der Waals surface area contributed by atoms with Crippen molar-refractivity contribution < 1.29 is 9.53 Å². The minimum absolute atomic E-state index is 0.152. The Kier molecular flexibility index (Phi) is 5.52. The maximum absolute atomic E-state index is 11.6. The normalized spacial score (nSPS) is 10.3. The zero-order valence-corrected chi connectivity index (χ0v) is 13.7. The summed E-state index contributed by atoms with van der Waals surface area (Å²) in [5, 5.41) is 0. The lowest BCUT2D eigenvalue weighted by molar-refractivity contribution is -0.140. The molecule has 0 saturated heterocycles. The first-order chi connectivity index (χ1) is 11.0. The van der Waals surface area contributed by atoms with Gasteiger partial charge in [0.15, 0.2) is 0 Å². The monoisotopic (exact) mass is 310 g/mol. The number of hydrogen-bond acceptors (Lipinski definition) is 3. The van der Waals surface area contributed by atoms with E-state index < -0.39 is 5.97 Å². The molecule has 0 bridgehead atoms. The number of imidazole rings is 1. The molecule has 0 unspecified atom stereocenters. The molecular formula is C19H22N2O2. The Morgan fingerprint density at radius 3 is 2.65 bits per heavy atom. The standard InChI is InChI=1S/C19H22N2O2/c1-5-9-18-20-16(13-23-19(22)14(2)3)17(21(18)4)12-15-10-7-6-8-11-15/h5-8,10-11H,1-2,9,12-13H2,3-4H3. The van der Waals surface area contributed by atoms with Gasteiger partial charge in [0.1, 0.15) is 12.4 Å². The molecule has 1 heterocycles. The molecule has 23 heavy (non-hydrogen) atoms. The number of carbonyl (C=O) groups is 1. The molecule has 1 aromatic carbocycles. The molecular weight excluding hydrogens is 288 g/mol. The number of carbonyl (C=O) groups excluding carboxylic acids is 1. The van der Waals surface area contributed by atoms with Crippen LogP contribution in [0.25, 0.3) is 0 Å². The Labute approximate surface area is 137 Å². The van der Waals surface area contributed by atoms with Crippen LogP contribution in [-0.2, 0) is 36.0 Å². The first kappa shape index (κ1) is 16.7. The fourth-order valence-electron chi connectivity index (χ4n) is 2.34. The third-order valence-electron chi connectivity index (χ3n) is 3.62. The van der Waals surface area contributed by atoms with Crippen LogP contribution >= 0.6 is 0 Å². The summed E-state index contributed by atoms with van der Waals surface area (Å²) in [5.74, 6) is 0.513. The van der Waals surface area contributed by atoms with Crippen molar-refractivity contribution in [2.75, 3.05) is 0 Å². The van der Waals surface area contributed by atoms with Crippen molar-refractivity contribution in [3.63, 3.8) is 0 Å². The minimum atomic E-state index is -0.397. The molecule has 0 aliphatic carbocycles.